The van der Waals surface area contributed by atoms with Gasteiger partial charge >= 0.3 is 5.97 Å². The van der Waals surface area contributed by atoms with Gasteiger partial charge in [-0.05, 0) is 30.2 Å². The number of hydrogen-bond donors (Lipinski definition) is 1. The Kier molecular flexibility index (Phi) is 6.61. The quantitative estimate of drug-likeness (QED) is 0.598. The van der Waals surface area contributed by atoms with E-state index < -0.39 is 11.9 Å². The van der Waals surface area contributed by atoms with Crippen LogP contribution in [-0.2, 0) is 34.2 Å². The van der Waals surface area contributed by atoms with E-state index in [0.29, 0.717) is 34.5 Å². The van der Waals surface area contributed by atoms with Crippen LogP contribution in [0.25, 0.3) is 10.8 Å². The molecule has 1 aromatic heterocycles. The lowest BCUT2D eigenvalue weighted by Gasteiger charge is -2.09. The highest BCUT2D eigenvalue weighted by atomic mass is 35.5. The molecule has 3 aromatic rings. The fourth-order valence-electron chi connectivity index (χ4n) is 2.93. The number of carbonyl (C=O) groups is 2. The van der Waals surface area contributed by atoms with Crippen molar-refractivity contribution in [3.63, 3.8) is 0 Å². The number of nitrogens with zero attached hydrogens (tertiary/aromatic N) is 2. The van der Waals surface area contributed by atoms with Gasteiger partial charge in [-0.25, -0.2) is 4.68 Å². The first-order valence-electron chi connectivity index (χ1n) is 9.06. The fraction of sp³-hybridized carbons (Fsp3) is 0.238. The van der Waals surface area contributed by atoms with Crippen LogP contribution in [0.1, 0.15) is 11.3 Å². The van der Waals surface area contributed by atoms with Crippen molar-refractivity contribution in [3.05, 3.63) is 75.2 Å². The summed E-state index contributed by atoms with van der Waals surface area (Å²) >= 11 is 5.92. The number of carbonyl (C=O) groups excluding carboxylic acids is 2. The molecule has 0 radical (unpaired) electrons. The van der Waals surface area contributed by atoms with Gasteiger partial charge < -0.3 is 10.1 Å². The second-order valence-electron chi connectivity index (χ2n) is 6.49. The highest BCUT2D eigenvalue weighted by Gasteiger charge is 2.14. The van der Waals surface area contributed by atoms with Crippen molar-refractivity contribution in [1.82, 2.24) is 15.1 Å². The smallest absolute Gasteiger partial charge is 0.312 e. The summed E-state index contributed by atoms with van der Waals surface area (Å²) < 4.78 is 6.24. The molecule has 0 aliphatic heterocycles. The average Bonchev–Trinajstić information content (AvgIpc) is 2.70. The number of fused-ring (bicyclic) bond motifs is 1. The second kappa shape index (κ2) is 9.34. The van der Waals surface area contributed by atoms with E-state index in [2.05, 4.69) is 10.4 Å². The Balaban J connectivity index is 1.51. The van der Waals surface area contributed by atoms with Gasteiger partial charge in [0.05, 0.1) is 17.5 Å². The Hall–Kier alpha value is -3.19. The number of aryl methyl sites for hydroxylation is 1. The largest absolute Gasteiger partial charge is 0.455 e. The third kappa shape index (κ3) is 5.42. The number of amides is 1. The van der Waals surface area contributed by atoms with Crippen molar-refractivity contribution in [2.45, 2.75) is 12.8 Å². The molecule has 29 heavy (non-hydrogen) atoms. The summed E-state index contributed by atoms with van der Waals surface area (Å²) in [4.78, 5) is 36.2. The van der Waals surface area contributed by atoms with Gasteiger partial charge in [0.2, 0.25) is 0 Å². The topological polar surface area (TPSA) is 90.3 Å². The minimum absolute atomic E-state index is 0.134. The molecule has 1 heterocycles. The maximum atomic E-state index is 12.1. The molecule has 1 amide bonds. The summed E-state index contributed by atoms with van der Waals surface area (Å²) in [5, 5.41) is 8.56. The molecule has 0 bridgehead atoms. The molecule has 0 unspecified atom stereocenters. The van der Waals surface area contributed by atoms with Gasteiger partial charge in [-0.2, -0.15) is 5.10 Å². The number of esters is 1. The zero-order valence-electron chi connectivity index (χ0n) is 15.9. The van der Waals surface area contributed by atoms with E-state index in [1.165, 1.54) is 11.7 Å². The van der Waals surface area contributed by atoms with Crippen LogP contribution in [0.15, 0.2) is 53.3 Å². The third-order valence-corrected chi connectivity index (χ3v) is 4.57. The van der Waals surface area contributed by atoms with Crippen LogP contribution in [0.3, 0.4) is 0 Å². The Morgan fingerprint density at radius 3 is 2.66 bits per heavy atom. The summed E-state index contributed by atoms with van der Waals surface area (Å²) in [5.74, 6) is -0.982. The van der Waals surface area contributed by atoms with E-state index in [0.717, 1.165) is 5.56 Å². The number of aromatic nitrogens is 2. The standard InChI is InChI=1S/C21H20ClN3O4/c1-25-21(28)17-8-3-2-7-16(17)18(24-25)12-20(27)29-13-19(26)23-10-9-14-5-4-6-15(22)11-14/h2-8,11H,9-10,12-13H2,1H3,(H,23,26). The van der Waals surface area contributed by atoms with Crippen molar-refractivity contribution < 1.29 is 14.3 Å². The molecule has 0 aliphatic rings. The molecule has 3 rings (SSSR count). The van der Waals surface area contributed by atoms with E-state index in [4.69, 9.17) is 16.3 Å². The van der Waals surface area contributed by atoms with Crippen LogP contribution in [0.5, 0.6) is 0 Å². The van der Waals surface area contributed by atoms with Crippen molar-refractivity contribution in [2.75, 3.05) is 13.2 Å². The van der Waals surface area contributed by atoms with Crippen LogP contribution >= 0.6 is 11.6 Å². The van der Waals surface area contributed by atoms with Gasteiger partial charge in [0.15, 0.2) is 6.61 Å². The number of rotatable bonds is 7. The zero-order chi connectivity index (χ0) is 20.8. The molecule has 0 fully saturated rings. The predicted molar refractivity (Wildman–Crippen MR) is 110 cm³/mol. The van der Waals surface area contributed by atoms with E-state index >= 15 is 0 Å². The molecule has 0 spiro atoms. The number of ether oxygens (including phenoxy) is 1. The minimum atomic E-state index is -0.591. The Bertz CT molecular complexity index is 1110. The maximum Gasteiger partial charge on any atom is 0.312 e. The Morgan fingerprint density at radius 1 is 1.14 bits per heavy atom. The normalized spacial score (nSPS) is 10.7. The lowest BCUT2D eigenvalue weighted by Crippen LogP contribution is -2.31. The SMILES string of the molecule is Cn1nc(CC(=O)OCC(=O)NCCc2cccc(Cl)c2)c2ccccc2c1=O. The predicted octanol–water partition coefficient (Wildman–Crippen LogP) is 2.03. The van der Waals surface area contributed by atoms with Gasteiger partial charge in [-0.15, -0.1) is 0 Å². The molecule has 150 valence electrons. The molecule has 7 nitrogen and oxygen atoms in total. The van der Waals surface area contributed by atoms with Crippen molar-refractivity contribution in [1.29, 1.82) is 0 Å². The molecule has 0 atom stereocenters. The highest BCUT2D eigenvalue weighted by Crippen LogP contribution is 2.14. The van der Waals surface area contributed by atoms with Gasteiger partial charge in [-0.1, -0.05) is 41.9 Å². The molecule has 0 saturated carbocycles. The molecule has 2 aromatic carbocycles. The Labute approximate surface area is 172 Å². The minimum Gasteiger partial charge on any atom is -0.455 e. The van der Waals surface area contributed by atoms with Crippen molar-refractivity contribution in [3.8, 4) is 0 Å². The van der Waals surface area contributed by atoms with E-state index in [-0.39, 0.29) is 18.6 Å². The Morgan fingerprint density at radius 2 is 1.90 bits per heavy atom. The summed E-state index contributed by atoms with van der Waals surface area (Å²) in [7, 11) is 1.52. The summed E-state index contributed by atoms with van der Waals surface area (Å²) in [5.41, 5.74) is 1.19. The molecule has 0 saturated heterocycles. The number of hydrogen-bond acceptors (Lipinski definition) is 5. The van der Waals surface area contributed by atoms with Crippen molar-refractivity contribution >= 4 is 34.2 Å². The van der Waals surface area contributed by atoms with Crippen molar-refractivity contribution in [2.24, 2.45) is 7.05 Å². The van der Waals surface area contributed by atoms with Crippen LogP contribution in [-0.4, -0.2) is 34.8 Å². The molecule has 8 heteroatoms. The monoisotopic (exact) mass is 413 g/mol. The lowest BCUT2D eigenvalue weighted by molar-refractivity contribution is -0.147. The van der Waals surface area contributed by atoms with Crippen LogP contribution in [0.4, 0.5) is 0 Å². The number of benzene rings is 2. The van der Waals surface area contributed by atoms with Crippen LogP contribution < -0.4 is 10.9 Å². The summed E-state index contributed by atoms with van der Waals surface area (Å²) in [6, 6.07) is 14.3. The van der Waals surface area contributed by atoms with E-state index in [9.17, 15) is 14.4 Å². The average molecular weight is 414 g/mol. The van der Waals surface area contributed by atoms with Crippen LogP contribution in [0.2, 0.25) is 5.02 Å². The molecular weight excluding hydrogens is 394 g/mol. The van der Waals surface area contributed by atoms with Gasteiger partial charge in [-0.3, -0.25) is 14.4 Å². The molecule has 0 aliphatic carbocycles. The summed E-state index contributed by atoms with van der Waals surface area (Å²) in [6.45, 7) is 0.0296. The van der Waals surface area contributed by atoms with Gasteiger partial charge in [0.25, 0.3) is 11.5 Å². The zero-order valence-corrected chi connectivity index (χ0v) is 16.6. The lowest BCUT2D eigenvalue weighted by atomic mass is 10.1. The number of nitrogens with one attached hydrogen (secondary N) is 1. The maximum absolute atomic E-state index is 12.1. The first-order valence-corrected chi connectivity index (χ1v) is 9.43. The van der Waals surface area contributed by atoms with E-state index in [1.54, 1.807) is 30.3 Å². The first kappa shape index (κ1) is 20.5. The van der Waals surface area contributed by atoms with E-state index in [1.807, 2.05) is 18.2 Å². The second-order valence-corrected chi connectivity index (χ2v) is 6.92. The third-order valence-electron chi connectivity index (χ3n) is 4.33. The molecule has 1 N–H and O–H groups in total. The fourth-order valence-corrected chi connectivity index (χ4v) is 3.14. The summed E-state index contributed by atoms with van der Waals surface area (Å²) in [6.07, 6.45) is 0.485. The number of halogens is 1. The van der Waals surface area contributed by atoms with Gasteiger partial charge in [0, 0.05) is 24.0 Å². The van der Waals surface area contributed by atoms with Gasteiger partial charge in [0.1, 0.15) is 0 Å². The van der Waals surface area contributed by atoms with Crippen LogP contribution in [0, 0.1) is 0 Å². The molecular formula is C21H20ClN3O4. The highest BCUT2D eigenvalue weighted by molar-refractivity contribution is 6.30. The first-order chi connectivity index (χ1) is 13.9.